The zero-order valence-corrected chi connectivity index (χ0v) is 25.8. The molecular formula is C31H38FN3O6S. The maximum atomic E-state index is 14.1. The molecule has 1 unspecified atom stereocenters. The van der Waals surface area contributed by atoms with Crippen LogP contribution >= 0.6 is 0 Å². The zero-order valence-electron chi connectivity index (χ0n) is 25.0. The highest BCUT2D eigenvalue weighted by Crippen LogP contribution is 2.36. The van der Waals surface area contributed by atoms with Gasteiger partial charge in [-0.05, 0) is 76.6 Å². The number of anilines is 1. The van der Waals surface area contributed by atoms with Gasteiger partial charge in [0.2, 0.25) is 11.8 Å². The second-order valence-corrected chi connectivity index (χ2v) is 12.8. The summed E-state index contributed by atoms with van der Waals surface area (Å²) >= 11 is 0. The van der Waals surface area contributed by atoms with Crippen LogP contribution in [0.2, 0.25) is 0 Å². The number of hydrogen-bond acceptors (Lipinski definition) is 6. The van der Waals surface area contributed by atoms with Gasteiger partial charge in [0.25, 0.3) is 10.0 Å². The summed E-state index contributed by atoms with van der Waals surface area (Å²) < 4.78 is 53.6. The minimum absolute atomic E-state index is 0.0330. The normalized spacial score (nSPS) is 12.3. The minimum atomic E-state index is -4.31. The Hall–Kier alpha value is -4.12. The molecule has 3 aromatic carbocycles. The maximum absolute atomic E-state index is 14.1. The number of halogens is 1. The second kappa shape index (κ2) is 13.2. The summed E-state index contributed by atoms with van der Waals surface area (Å²) in [6.07, 6.45) is 0. The van der Waals surface area contributed by atoms with Crippen molar-refractivity contribution < 1.29 is 31.9 Å². The largest absolute Gasteiger partial charge is 0.497 e. The highest BCUT2D eigenvalue weighted by atomic mass is 32.2. The first-order valence-corrected chi connectivity index (χ1v) is 14.8. The van der Waals surface area contributed by atoms with Gasteiger partial charge in [-0.1, -0.05) is 29.8 Å². The van der Waals surface area contributed by atoms with Gasteiger partial charge < -0.3 is 19.7 Å². The fraction of sp³-hybridized carbons (Fsp3) is 0.355. The van der Waals surface area contributed by atoms with E-state index in [1.807, 2.05) is 27.7 Å². The Morgan fingerprint density at radius 1 is 0.952 bits per heavy atom. The van der Waals surface area contributed by atoms with E-state index in [0.29, 0.717) is 11.3 Å². The monoisotopic (exact) mass is 599 g/mol. The number of amides is 2. The van der Waals surface area contributed by atoms with Crippen molar-refractivity contribution in [3.05, 3.63) is 83.7 Å². The number of rotatable bonds is 11. The molecule has 0 aromatic heterocycles. The average Bonchev–Trinajstić information content (AvgIpc) is 2.94. The van der Waals surface area contributed by atoms with Crippen LogP contribution in [0.15, 0.2) is 71.6 Å². The summed E-state index contributed by atoms with van der Waals surface area (Å²) in [4.78, 5) is 28.5. The Labute approximate surface area is 247 Å². The predicted molar refractivity (Wildman–Crippen MR) is 160 cm³/mol. The zero-order chi connectivity index (χ0) is 31.2. The Kier molecular flexibility index (Phi) is 10.2. The maximum Gasteiger partial charge on any atom is 0.264 e. The number of methoxy groups -OCH3 is 2. The Morgan fingerprint density at radius 3 is 2.12 bits per heavy atom. The van der Waals surface area contributed by atoms with E-state index in [1.54, 1.807) is 31.2 Å². The Bertz CT molecular complexity index is 1500. The van der Waals surface area contributed by atoms with Crippen LogP contribution in [-0.2, 0) is 26.2 Å². The lowest BCUT2D eigenvalue weighted by atomic mass is 10.1. The summed E-state index contributed by atoms with van der Waals surface area (Å²) in [7, 11) is -1.48. The second-order valence-electron chi connectivity index (χ2n) is 10.9. The van der Waals surface area contributed by atoms with E-state index in [9.17, 15) is 22.4 Å². The lowest BCUT2D eigenvalue weighted by Gasteiger charge is -2.33. The highest BCUT2D eigenvalue weighted by Gasteiger charge is 2.34. The first-order chi connectivity index (χ1) is 19.7. The number of hydrogen-bond donors (Lipinski definition) is 1. The fourth-order valence-electron chi connectivity index (χ4n) is 4.19. The van der Waals surface area contributed by atoms with E-state index in [-0.39, 0.29) is 22.9 Å². The molecule has 0 aliphatic carbocycles. The van der Waals surface area contributed by atoms with E-state index in [0.717, 1.165) is 9.87 Å². The quantitative estimate of drug-likeness (QED) is 0.343. The summed E-state index contributed by atoms with van der Waals surface area (Å²) in [5.74, 6) is -0.983. The summed E-state index contributed by atoms with van der Waals surface area (Å²) in [6, 6.07) is 15.4. The molecule has 226 valence electrons. The Morgan fingerprint density at radius 2 is 1.57 bits per heavy atom. The molecule has 9 nitrogen and oxygen atoms in total. The average molecular weight is 600 g/mol. The summed E-state index contributed by atoms with van der Waals surface area (Å²) in [5.41, 5.74) is 0.927. The molecule has 0 saturated heterocycles. The Balaban J connectivity index is 2.12. The van der Waals surface area contributed by atoms with Crippen LogP contribution in [0.5, 0.6) is 11.5 Å². The van der Waals surface area contributed by atoms with Crippen molar-refractivity contribution in [1.29, 1.82) is 0 Å². The molecular weight excluding hydrogens is 561 g/mol. The predicted octanol–water partition coefficient (Wildman–Crippen LogP) is 4.68. The number of nitrogens with zero attached hydrogens (tertiary/aromatic N) is 2. The third kappa shape index (κ3) is 8.00. The lowest BCUT2D eigenvalue weighted by molar-refractivity contribution is -0.140. The number of nitrogens with one attached hydrogen (secondary N) is 1. The number of carbonyl (C=O) groups excluding carboxylic acids is 2. The molecule has 1 atom stereocenters. The molecule has 0 aliphatic rings. The molecule has 11 heteroatoms. The first-order valence-electron chi connectivity index (χ1n) is 13.3. The topological polar surface area (TPSA) is 105 Å². The van der Waals surface area contributed by atoms with Gasteiger partial charge >= 0.3 is 0 Å². The highest BCUT2D eigenvalue weighted by molar-refractivity contribution is 7.92. The van der Waals surface area contributed by atoms with Crippen molar-refractivity contribution in [1.82, 2.24) is 10.2 Å². The van der Waals surface area contributed by atoms with Crippen molar-refractivity contribution in [3.8, 4) is 11.5 Å². The van der Waals surface area contributed by atoms with Crippen LogP contribution in [0.25, 0.3) is 0 Å². The van der Waals surface area contributed by atoms with Gasteiger partial charge in [-0.25, -0.2) is 12.8 Å². The summed E-state index contributed by atoms with van der Waals surface area (Å²) in [6.45, 7) is 8.12. The number of sulfonamides is 1. The van der Waals surface area contributed by atoms with Gasteiger partial charge in [-0.15, -0.1) is 0 Å². The fourth-order valence-corrected chi connectivity index (χ4v) is 5.60. The molecule has 0 heterocycles. The van der Waals surface area contributed by atoms with Crippen LogP contribution in [0.4, 0.5) is 10.1 Å². The van der Waals surface area contributed by atoms with Crippen molar-refractivity contribution >= 4 is 27.5 Å². The molecule has 42 heavy (non-hydrogen) atoms. The number of carbonyl (C=O) groups is 2. The molecule has 3 aromatic rings. The van der Waals surface area contributed by atoms with E-state index < -0.39 is 45.8 Å². The van der Waals surface area contributed by atoms with Crippen LogP contribution < -0.4 is 19.1 Å². The van der Waals surface area contributed by atoms with Gasteiger partial charge in [0.05, 0.1) is 24.8 Å². The third-order valence-corrected chi connectivity index (χ3v) is 8.25. The van der Waals surface area contributed by atoms with Gasteiger partial charge in [-0.2, -0.15) is 0 Å². The van der Waals surface area contributed by atoms with Gasteiger partial charge in [0.1, 0.15) is 29.9 Å². The van der Waals surface area contributed by atoms with Crippen molar-refractivity contribution in [3.63, 3.8) is 0 Å². The van der Waals surface area contributed by atoms with Crippen LogP contribution in [-0.4, -0.2) is 57.5 Å². The van der Waals surface area contributed by atoms with Crippen LogP contribution in [0.1, 0.15) is 38.8 Å². The van der Waals surface area contributed by atoms with Crippen LogP contribution in [0.3, 0.4) is 0 Å². The van der Waals surface area contributed by atoms with E-state index in [4.69, 9.17) is 9.47 Å². The first kappa shape index (κ1) is 32.4. The van der Waals surface area contributed by atoms with Crippen molar-refractivity contribution in [2.45, 2.75) is 57.6 Å². The molecule has 1 N–H and O–H groups in total. The van der Waals surface area contributed by atoms with Crippen molar-refractivity contribution in [2.75, 3.05) is 25.1 Å². The molecule has 0 fully saturated rings. The number of ether oxygens (including phenoxy) is 2. The number of benzene rings is 3. The summed E-state index contributed by atoms with van der Waals surface area (Å²) in [5, 5.41) is 2.87. The van der Waals surface area contributed by atoms with Gasteiger partial charge in [0.15, 0.2) is 0 Å². The van der Waals surface area contributed by atoms with E-state index >= 15 is 0 Å². The molecule has 3 rings (SSSR count). The van der Waals surface area contributed by atoms with Crippen LogP contribution in [0, 0.1) is 12.7 Å². The van der Waals surface area contributed by atoms with E-state index in [1.165, 1.54) is 61.6 Å². The van der Waals surface area contributed by atoms with Gasteiger partial charge in [-0.3, -0.25) is 13.9 Å². The molecule has 0 bridgehead atoms. The smallest absolute Gasteiger partial charge is 0.264 e. The van der Waals surface area contributed by atoms with Crippen molar-refractivity contribution in [2.24, 2.45) is 0 Å². The molecule has 0 aliphatic heterocycles. The molecule has 0 spiro atoms. The SMILES string of the molecule is COc1ccc(OC)c(N(CC(=O)N(Cc2ccc(F)cc2)C(C)C(=O)NC(C)(C)C)S(=O)(=O)c2ccc(C)cc2)c1. The minimum Gasteiger partial charge on any atom is -0.497 e. The molecule has 0 radical (unpaired) electrons. The number of aryl methyl sites for hydroxylation is 1. The van der Waals surface area contributed by atoms with Gasteiger partial charge in [0, 0.05) is 18.2 Å². The third-order valence-electron chi connectivity index (χ3n) is 6.47. The molecule has 0 saturated carbocycles. The van der Waals surface area contributed by atoms with E-state index in [2.05, 4.69) is 5.32 Å². The standard InChI is InChI=1S/C31H38FN3O6S/c1-21-8-15-26(16-9-21)42(38,39)35(27-18-25(40-6)14-17-28(27)41-7)20-29(36)34(19-23-10-12-24(32)13-11-23)22(2)30(37)33-31(3,4)5/h8-18,22H,19-20H2,1-7H3,(H,33,37). The molecule has 2 amide bonds. The lowest BCUT2D eigenvalue weighted by Crippen LogP contribution is -2.54.